The molecule has 3 aromatic rings. The third-order valence-electron chi connectivity index (χ3n) is 2.91. The van der Waals surface area contributed by atoms with E-state index in [1.54, 1.807) is 18.2 Å². The smallest absolute Gasteiger partial charge is 0.237 e. The van der Waals surface area contributed by atoms with Gasteiger partial charge < -0.3 is 4.98 Å². The number of para-hydroxylation sites is 2. The average Bonchev–Trinajstić information content (AvgIpc) is 2.88. The van der Waals surface area contributed by atoms with E-state index in [1.165, 1.54) is 11.8 Å². The van der Waals surface area contributed by atoms with E-state index in [1.807, 2.05) is 24.3 Å². The molecule has 1 amide bonds. The lowest BCUT2D eigenvalue weighted by atomic mass is 10.3. The number of halogens is 2. The minimum absolute atomic E-state index is 0.181. The lowest BCUT2D eigenvalue weighted by molar-refractivity contribution is -0.113. The van der Waals surface area contributed by atoms with Gasteiger partial charge in [-0.05, 0) is 24.3 Å². The predicted molar refractivity (Wildman–Crippen MR) is 91.9 cm³/mol. The van der Waals surface area contributed by atoms with Gasteiger partial charge in [-0.3, -0.25) is 10.1 Å². The van der Waals surface area contributed by atoms with Crippen LogP contribution >= 0.6 is 35.0 Å². The minimum atomic E-state index is -0.181. The number of amides is 1. The number of aromatic nitrogens is 2. The highest BCUT2D eigenvalue weighted by Crippen LogP contribution is 2.33. The van der Waals surface area contributed by atoms with Crippen molar-refractivity contribution in [3.05, 3.63) is 52.5 Å². The number of aromatic amines is 1. The molecular formula is C15H11Cl2N3OS. The zero-order chi connectivity index (χ0) is 15.5. The number of thioether (sulfide) groups is 1. The van der Waals surface area contributed by atoms with E-state index in [0.29, 0.717) is 20.9 Å². The number of nitrogens with one attached hydrogen (secondary N) is 2. The summed E-state index contributed by atoms with van der Waals surface area (Å²) in [5.41, 5.74) is 1.68. The molecule has 2 aromatic carbocycles. The molecule has 7 heteroatoms. The Hall–Kier alpha value is -1.69. The molecule has 22 heavy (non-hydrogen) atoms. The summed E-state index contributed by atoms with van der Waals surface area (Å²) >= 11 is 13.4. The number of carbonyl (C=O) groups is 1. The highest BCUT2D eigenvalue weighted by molar-refractivity contribution is 8.00. The van der Waals surface area contributed by atoms with E-state index in [9.17, 15) is 4.79 Å². The van der Waals surface area contributed by atoms with Crippen LogP contribution in [-0.4, -0.2) is 21.6 Å². The summed E-state index contributed by atoms with van der Waals surface area (Å²) in [6.07, 6.45) is 0. The molecule has 4 nitrogen and oxygen atoms in total. The molecule has 0 radical (unpaired) electrons. The molecule has 0 unspecified atom stereocenters. The van der Waals surface area contributed by atoms with Gasteiger partial charge in [0, 0.05) is 4.90 Å². The molecule has 0 atom stereocenters. The largest absolute Gasteiger partial charge is 0.324 e. The van der Waals surface area contributed by atoms with Crippen LogP contribution in [0.25, 0.3) is 11.0 Å². The van der Waals surface area contributed by atoms with Crippen LogP contribution in [0.1, 0.15) is 0 Å². The molecule has 1 aromatic heterocycles. The SMILES string of the molecule is O=C(CSc1c(Cl)cccc1Cl)Nc1nc2ccccc2[nH]1. The molecule has 0 saturated heterocycles. The summed E-state index contributed by atoms with van der Waals surface area (Å²) < 4.78 is 0. The van der Waals surface area contributed by atoms with Gasteiger partial charge in [0.2, 0.25) is 11.9 Å². The van der Waals surface area contributed by atoms with Gasteiger partial charge in [-0.2, -0.15) is 0 Å². The number of hydrogen-bond acceptors (Lipinski definition) is 3. The number of benzene rings is 2. The zero-order valence-electron chi connectivity index (χ0n) is 11.3. The average molecular weight is 352 g/mol. The van der Waals surface area contributed by atoms with Crippen molar-refractivity contribution in [3.63, 3.8) is 0 Å². The number of anilines is 1. The predicted octanol–water partition coefficient (Wildman–Crippen LogP) is 4.60. The van der Waals surface area contributed by atoms with Crippen molar-refractivity contribution < 1.29 is 4.79 Å². The van der Waals surface area contributed by atoms with E-state index in [2.05, 4.69) is 15.3 Å². The van der Waals surface area contributed by atoms with Gasteiger partial charge in [0.1, 0.15) is 0 Å². The van der Waals surface area contributed by atoms with Crippen molar-refractivity contribution in [2.75, 3.05) is 11.1 Å². The monoisotopic (exact) mass is 351 g/mol. The zero-order valence-corrected chi connectivity index (χ0v) is 13.6. The van der Waals surface area contributed by atoms with Crippen LogP contribution in [0.5, 0.6) is 0 Å². The van der Waals surface area contributed by atoms with Crippen molar-refractivity contribution in [2.24, 2.45) is 0 Å². The van der Waals surface area contributed by atoms with Crippen molar-refractivity contribution in [1.29, 1.82) is 0 Å². The summed E-state index contributed by atoms with van der Waals surface area (Å²) in [6.45, 7) is 0. The van der Waals surface area contributed by atoms with Crippen LogP contribution < -0.4 is 5.32 Å². The first kappa shape index (κ1) is 15.2. The molecule has 3 rings (SSSR count). The quantitative estimate of drug-likeness (QED) is 0.675. The van der Waals surface area contributed by atoms with Crippen molar-refractivity contribution in [3.8, 4) is 0 Å². The summed E-state index contributed by atoms with van der Waals surface area (Å²) in [5, 5.41) is 3.80. The number of H-pyrrole nitrogens is 1. The van der Waals surface area contributed by atoms with E-state index < -0.39 is 0 Å². The Labute approximate surface area is 141 Å². The maximum atomic E-state index is 12.0. The van der Waals surface area contributed by atoms with Crippen LogP contribution in [0.3, 0.4) is 0 Å². The fraction of sp³-hybridized carbons (Fsp3) is 0.0667. The molecule has 0 saturated carbocycles. The standard InChI is InChI=1S/C15H11Cl2N3OS/c16-9-4-3-5-10(17)14(9)22-8-13(21)20-15-18-11-6-1-2-7-12(11)19-15/h1-7H,8H2,(H2,18,19,20,21). The number of carbonyl (C=O) groups excluding carboxylic acids is 1. The van der Waals surface area contributed by atoms with Crippen LogP contribution in [0.4, 0.5) is 5.95 Å². The number of fused-ring (bicyclic) bond motifs is 1. The van der Waals surface area contributed by atoms with E-state index in [4.69, 9.17) is 23.2 Å². The van der Waals surface area contributed by atoms with E-state index in [-0.39, 0.29) is 11.7 Å². The molecule has 0 aliphatic carbocycles. The number of nitrogens with zero attached hydrogens (tertiary/aromatic N) is 1. The van der Waals surface area contributed by atoms with Crippen LogP contribution in [0, 0.1) is 0 Å². The summed E-state index contributed by atoms with van der Waals surface area (Å²) in [4.78, 5) is 20.0. The molecule has 0 bridgehead atoms. The topological polar surface area (TPSA) is 57.8 Å². The second-order valence-electron chi connectivity index (χ2n) is 4.49. The van der Waals surface area contributed by atoms with Crippen LogP contribution in [0.2, 0.25) is 10.0 Å². The van der Waals surface area contributed by atoms with Crippen LogP contribution in [-0.2, 0) is 4.79 Å². The molecular weight excluding hydrogens is 341 g/mol. The van der Waals surface area contributed by atoms with Crippen LogP contribution in [0.15, 0.2) is 47.4 Å². The van der Waals surface area contributed by atoms with Gasteiger partial charge in [-0.1, -0.05) is 41.4 Å². The minimum Gasteiger partial charge on any atom is -0.324 e. The molecule has 0 aliphatic rings. The van der Waals surface area contributed by atoms with Gasteiger partial charge >= 0.3 is 0 Å². The van der Waals surface area contributed by atoms with Crippen molar-refractivity contribution >= 4 is 57.9 Å². The van der Waals surface area contributed by atoms with E-state index in [0.717, 1.165) is 11.0 Å². The summed E-state index contributed by atoms with van der Waals surface area (Å²) in [5.74, 6) is 0.442. The highest BCUT2D eigenvalue weighted by atomic mass is 35.5. The second-order valence-corrected chi connectivity index (χ2v) is 6.29. The summed E-state index contributed by atoms with van der Waals surface area (Å²) in [6, 6.07) is 12.8. The first-order valence-electron chi connectivity index (χ1n) is 6.45. The molecule has 0 fully saturated rings. The Morgan fingerprint density at radius 2 is 1.86 bits per heavy atom. The van der Waals surface area contributed by atoms with Gasteiger partial charge in [0.05, 0.1) is 26.8 Å². The maximum absolute atomic E-state index is 12.0. The molecule has 0 spiro atoms. The molecule has 2 N–H and O–H groups in total. The lowest BCUT2D eigenvalue weighted by Crippen LogP contribution is -2.15. The Kier molecular flexibility index (Phi) is 4.57. The Morgan fingerprint density at radius 1 is 1.14 bits per heavy atom. The van der Waals surface area contributed by atoms with E-state index >= 15 is 0 Å². The third kappa shape index (κ3) is 3.38. The lowest BCUT2D eigenvalue weighted by Gasteiger charge is -2.06. The molecule has 0 aliphatic heterocycles. The normalized spacial score (nSPS) is 10.8. The van der Waals surface area contributed by atoms with Gasteiger partial charge in [0.15, 0.2) is 0 Å². The first-order valence-corrected chi connectivity index (χ1v) is 8.19. The number of rotatable bonds is 4. The first-order chi connectivity index (χ1) is 10.6. The fourth-order valence-electron chi connectivity index (χ4n) is 1.94. The van der Waals surface area contributed by atoms with Gasteiger partial charge in [0.25, 0.3) is 0 Å². The van der Waals surface area contributed by atoms with Gasteiger partial charge in [-0.15, -0.1) is 11.8 Å². The third-order valence-corrected chi connectivity index (χ3v) is 4.90. The fourth-order valence-corrected chi connectivity index (χ4v) is 3.42. The van der Waals surface area contributed by atoms with Crippen molar-refractivity contribution in [1.82, 2.24) is 9.97 Å². The Balaban J connectivity index is 1.65. The number of hydrogen-bond donors (Lipinski definition) is 2. The van der Waals surface area contributed by atoms with Gasteiger partial charge in [-0.25, -0.2) is 4.98 Å². The second kappa shape index (κ2) is 6.60. The number of imidazole rings is 1. The van der Waals surface area contributed by atoms with Crippen molar-refractivity contribution in [2.45, 2.75) is 4.90 Å². The summed E-state index contributed by atoms with van der Waals surface area (Å²) in [7, 11) is 0. The molecule has 1 heterocycles. The Morgan fingerprint density at radius 3 is 2.59 bits per heavy atom. The highest BCUT2D eigenvalue weighted by Gasteiger charge is 2.11. The maximum Gasteiger partial charge on any atom is 0.237 e. The molecule has 112 valence electrons. The Bertz CT molecular complexity index is 781.